The van der Waals surface area contributed by atoms with E-state index in [1.165, 1.54) is 6.42 Å². The number of hydrogen-bond acceptors (Lipinski definition) is 6. The van der Waals surface area contributed by atoms with Crippen LogP contribution in [0.5, 0.6) is 5.75 Å². The van der Waals surface area contributed by atoms with E-state index < -0.39 is 10.1 Å². The standard InChI is InChI=1S/C15H17I3O6S/c16-10-8-11(17)14(25(20,21)22)12(18)13(10)23-6-7-24-15(19)9-4-2-1-3-5-9/h8-9H,1-7H2,(H,20,21,22)/p-1. The molecule has 0 aromatic heterocycles. The minimum atomic E-state index is -4.60. The number of rotatable bonds is 6. The molecule has 0 N–H and O–H groups in total. The number of halogens is 3. The van der Waals surface area contributed by atoms with Gasteiger partial charge in [0.25, 0.3) is 0 Å². The van der Waals surface area contributed by atoms with Gasteiger partial charge in [-0.25, -0.2) is 8.42 Å². The van der Waals surface area contributed by atoms with Gasteiger partial charge in [-0.15, -0.1) is 0 Å². The molecule has 0 unspecified atom stereocenters. The van der Waals surface area contributed by atoms with E-state index in [-0.39, 0.29) is 33.6 Å². The van der Waals surface area contributed by atoms with E-state index in [2.05, 4.69) is 0 Å². The van der Waals surface area contributed by atoms with E-state index in [9.17, 15) is 17.8 Å². The molecule has 0 aliphatic heterocycles. The van der Waals surface area contributed by atoms with Crippen LogP contribution in [0.25, 0.3) is 0 Å². The second kappa shape index (κ2) is 9.68. The fourth-order valence-corrected chi connectivity index (χ4v) is 8.57. The van der Waals surface area contributed by atoms with Crippen LogP contribution in [0.4, 0.5) is 0 Å². The Labute approximate surface area is 188 Å². The molecule has 1 aromatic carbocycles. The highest BCUT2D eigenvalue weighted by atomic mass is 127. The van der Waals surface area contributed by atoms with E-state index in [1.807, 2.05) is 45.2 Å². The van der Waals surface area contributed by atoms with Crippen LogP contribution in [0.15, 0.2) is 11.0 Å². The van der Waals surface area contributed by atoms with Crippen LogP contribution < -0.4 is 4.74 Å². The second-order valence-electron chi connectivity index (χ2n) is 5.62. The molecule has 0 atom stereocenters. The highest BCUT2D eigenvalue weighted by molar-refractivity contribution is 14.1. The topological polar surface area (TPSA) is 92.7 Å². The number of carbonyl (C=O) groups is 1. The Hall–Kier alpha value is 0.590. The minimum absolute atomic E-state index is 0.0236. The summed E-state index contributed by atoms with van der Waals surface area (Å²) >= 11 is 5.63. The molecule has 140 valence electrons. The first-order valence-corrected chi connectivity index (χ1v) is 12.3. The first kappa shape index (κ1) is 21.9. The van der Waals surface area contributed by atoms with Gasteiger partial charge in [-0.05, 0) is 86.7 Å². The van der Waals surface area contributed by atoms with Gasteiger partial charge in [0.1, 0.15) is 29.1 Å². The van der Waals surface area contributed by atoms with Crippen molar-refractivity contribution in [3.05, 3.63) is 16.8 Å². The summed E-state index contributed by atoms with van der Waals surface area (Å²) in [5, 5.41) is 0. The zero-order chi connectivity index (χ0) is 18.6. The Bertz CT molecular complexity index is 744. The van der Waals surface area contributed by atoms with Gasteiger partial charge < -0.3 is 14.0 Å². The Balaban J connectivity index is 1.98. The second-order valence-corrected chi connectivity index (χ2v) is 10.3. The predicted molar refractivity (Wildman–Crippen MR) is 116 cm³/mol. The lowest BCUT2D eigenvalue weighted by molar-refractivity contribution is -0.150. The monoisotopic (exact) mass is 705 g/mol. The molecule has 1 aromatic rings. The van der Waals surface area contributed by atoms with Crippen LogP contribution in [0, 0.1) is 16.6 Å². The summed E-state index contributed by atoms with van der Waals surface area (Å²) in [6.07, 6.45) is 5.03. The molecule has 1 fully saturated rings. The van der Waals surface area contributed by atoms with Gasteiger partial charge in [0.15, 0.2) is 0 Å². The minimum Gasteiger partial charge on any atom is -0.744 e. The van der Waals surface area contributed by atoms with Gasteiger partial charge in [0.2, 0.25) is 0 Å². The smallest absolute Gasteiger partial charge is 0.309 e. The maximum absolute atomic E-state index is 12.0. The van der Waals surface area contributed by atoms with Crippen molar-refractivity contribution in [1.82, 2.24) is 0 Å². The van der Waals surface area contributed by atoms with E-state index in [4.69, 9.17) is 9.47 Å². The number of carbonyl (C=O) groups excluding carboxylic acids is 1. The molecule has 2 rings (SSSR count). The van der Waals surface area contributed by atoms with Crippen molar-refractivity contribution in [2.75, 3.05) is 13.2 Å². The van der Waals surface area contributed by atoms with E-state index >= 15 is 0 Å². The van der Waals surface area contributed by atoms with Gasteiger partial charge >= 0.3 is 5.97 Å². The normalized spacial score (nSPS) is 15.8. The largest absolute Gasteiger partial charge is 0.744 e. The molecule has 10 heteroatoms. The van der Waals surface area contributed by atoms with Crippen LogP contribution >= 0.6 is 67.8 Å². The molecule has 0 saturated heterocycles. The van der Waals surface area contributed by atoms with Crippen molar-refractivity contribution >= 4 is 83.9 Å². The van der Waals surface area contributed by atoms with Crippen LogP contribution in [0.3, 0.4) is 0 Å². The van der Waals surface area contributed by atoms with E-state index in [0.717, 1.165) is 25.7 Å². The maximum atomic E-state index is 12.0. The predicted octanol–water partition coefficient (Wildman–Crippen LogP) is 3.91. The average molecular weight is 705 g/mol. The maximum Gasteiger partial charge on any atom is 0.309 e. The first-order valence-electron chi connectivity index (χ1n) is 7.64. The van der Waals surface area contributed by atoms with Gasteiger partial charge in [0.05, 0.1) is 18.0 Å². The number of ether oxygens (including phenoxy) is 2. The summed E-state index contributed by atoms with van der Waals surface area (Å²) in [5.74, 6) is 0.104. The molecule has 0 heterocycles. The molecule has 6 nitrogen and oxygen atoms in total. The third kappa shape index (κ3) is 6.04. The van der Waals surface area contributed by atoms with Gasteiger partial charge in [-0.3, -0.25) is 4.79 Å². The Morgan fingerprint density at radius 3 is 2.36 bits per heavy atom. The molecule has 0 radical (unpaired) electrons. The zero-order valence-corrected chi connectivity index (χ0v) is 20.4. The highest BCUT2D eigenvalue weighted by Gasteiger charge is 2.23. The molecule has 1 aliphatic rings. The van der Waals surface area contributed by atoms with Gasteiger partial charge in [-0.1, -0.05) is 19.3 Å². The Kier molecular flexibility index (Phi) is 8.48. The summed E-state index contributed by atoms with van der Waals surface area (Å²) < 4.78 is 46.5. The number of esters is 1. The van der Waals surface area contributed by atoms with E-state index in [1.54, 1.807) is 28.7 Å². The van der Waals surface area contributed by atoms with Crippen molar-refractivity contribution in [3.8, 4) is 5.75 Å². The molecule has 0 spiro atoms. The summed E-state index contributed by atoms with van der Waals surface area (Å²) in [7, 11) is -4.60. The summed E-state index contributed by atoms with van der Waals surface area (Å²) in [6, 6.07) is 1.58. The lowest BCUT2D eigenvalue weighted by atomic mass is 9.89. The third-order valence-corrected chi connectivity index (χ3v) is 8.19. The molecule has 1 saturated carbocycles. The quantitative estimate of drug-likeness (QED) is 0.193. The lowest BCUT2D eigenvalue weighted by Crippen LogP contribution is -2.22. The van der Waals surface area contributed by atoms with Crippen LogP contribution in [-0.4, -0.2) is 32.2 Å². The lowest BCUT2D eigenvalue weighted by Gasteiger charge is -2.20. The molecule has 1 aliphatic carbocycles. The summed E-state index contributed by atoms with van der Waals surface area (Å²) in [5.41, 5.74) is 0. The summed E-state index contributed by atoms with van der Waals surface area (Å²) in [6.45, 7) is 0.191. The van der Waals surface area contributed by atoms with Crippen molar-refractivity contribution in [2.24, 2.45) is 5.92 Å². The summed E-state index contributed by atoms with van der Waals surface area (Å²) in [4.78, 5) is 11.7. The van der Waals surface area contributed by atoms with Crippen molar-refractivity contribution in [2.45, 2.75) is 37.0 Å². The molecule has 0 amide bonds. The average Bonchev–Trinajstić information content (AvgIpc) is 2.52. The number of benzene rings is 1. The molecule has 25 heavy (non-hydrogen) atoms. The van der Waals surface area contributed by atoms with Crippen LogP contribution in [0.2, 0.25) is 0 Å². The fraction of sp³-hybridized carbons (Fsp3) is 0.533. The van der Waals surface area contributed by atoms with Gasteiger partial charge in [-0.2, -0.15) is 0 Å². The third-order valence-electron chi connectivity index (χ3n) is 3.85. The van der Waals surface area contributed by atoms with Crippen molar-refractivity contribution in [1.29, 1.82) is 0 Å². The van der Waals surface area contributed by atoms with Crippen molar-refractivity contribution in [3.63, 3.8) is 0 Å². The Morgan fingerprint density at radius 2 is 1.76 bits per heavy atom. The molecule has 0 bridgehead atoms. The van der Waals surface area contributed by atoms with Crippen LogP contribution in [0.1, 0.15) is 32.1 Å². The van der Waals surface area contributed by atoms with Gasteiger partial charge in [0, 0.05) is 3.57 Å². The molecular formula is C15H16I3O6S-. The van der Waals surface area contributed by atoms with E-state index in [0.29, 0.717) is 12.9 Å². The number of hydrogen-bond donors (Lipinski definition) is 0. The first-order chi connectivity index (χ1) is 11.7. The Morgan fingerprint density at radius 1 is 1.12 bits per heavy atom. The zero-order valence-electron chi connectivity index (χ0n) is 13.1. The molecular weight excluding hydrogens is 689 g/mol. The van der Waals surface area contributed by atoms with Crippen LogP contribution in [-0.2, 0) is 19.6 Å². The van der Waals surface area contributed by atoms with Crippen molar-refractivity contribution < 1.29 is 27.2 Å². The highest BCUT2D eigenvalue weighted by Crippen LogP contribution is 2.36. The SMILES string of the molecule is O=C(OCCOc1c(I)cc(I)c(S(=O)(=O)[O-])c1I)C1CCCCC1. The fourth-order valence-electron chi connectivity index (χ4n) is 2.66.